The van der Waals surface area contributed by atoms with Gasteiger partial charge in [-0.2, -0.15) is 0 Å². The van der Waals surface area contributed by atoms with E-state index in [9.17, 15) is 0 Å². The predicted molar refractivity (Wildman–Crippen MR) is 63.2 cm³/mol. The van der Waals surface area contributed by atoms with Crippen LogP contribution in [0.1, 0.15) is 63.2 Å². The number of aromatic nitrogens is 3. The highest BCUT2D eigenvalue weighted by Crippen LogP contribution is 2.36. The van der Waals surface area contributed by atoms with E-state index in [2.05, 4.69) is 14.8 Å². The molecule has 3 rings (SSSR count). The summed E-state index contributed by atoms with van der Waals surface area (Å²) in [6.45, 7) is 0. The van der Waals surface area contributed by atoms with E-state index in [1.54, 1.807) is 0 Å². The van der Waals surface area contributed by atoms with Gasteiger partial charge in [-0.15, -0.1) is 10.2 Å². The Bertz CT molecular complexity index is 333. The van der Waals surface area contributed by atoms with E-state index >= 15 is 0 Å². The molecule has 16 heavy (non-hydrogen) atoms. The molecule has 1 aromatic rings. The maximum absolute atomic E-state index is 4.32. The first kappa shape index (κ1) is 10.3. The summed E-state index contributed by atoms with van der Waals surface area (Å²) < 4.78 is 2.32. The third kappa shape index (κ3) is 2.28. The Hall–Kier alpha value is -0.860. The average molecular weight is 219 g/mol. The lowest BCUT2D eigenvalue weighted by Gasteiger charge is -2.13. The molecule has 3 nitrogen and oxygen atoms in total. The van der Waals surface area contributed by atoms with Gasteiger partial charge in [-0.3, -0.25) is 0 Å². The first-order chi connectivity index (χ1) is 7.93. The van der Waals surface area contributed by atoms with Crippen LogP contribution in [-0.4, -0.2) is 14.8 Å². The van der Waals surface area contributed by atoms with Gasteiger partial charge in [-0.1, -0.05) is 38.5 Å². The van der Waals surface area contributed by atoms with Gasteiger partial charge in [0.05, 0.1) is 0 Å². The second kappa shape index (κ2) is 4.56. The number of rotatable bonds is 3. The molecule has 0 bridgehead atoms. The van der Waals surface area contributed by atoms with Crippen molar-refractivity contribution in [3.05, 3.63) is 12.2 Å². The normalized spacial score (nSPS) is 23.2. The molecule has 0 amide bonds. The molecular weight excluding hydrogens is 198 g/mol. The fourth-order valence-corrected chi connectivity index (χ4v) is 2.90. The van der Waals surface area contributed by atoms with Crippen molar-refractivity contribution in [2.24, 2.45) is 5.92 Å². The number of hydrogen-bond acceptors (Lipinski definition) is 2. The Morgan fingerprint density at radius 3 is 2.50 bits per heavy atom. The summed E-state index contributed by atoms with van der Waals surface area (Å²) in [5.74, 6) is 2.11. The summed E-state index contributed by atoms with van der Waals surface area (Å²) in [5, 5.41) is 8.40. The van der Waals surface area contributed by atoms with E-state index in [1.165, 1.54) is 57.2 Å². The van der Waals surface area contributed by atoms with Crippen LogP contribution in [0.5, 0.6) is 0 Å². The molecule has 3 heteroatoms. The van der Waals surface area contributed by atoms with Crippen molar-refractivity contribution in [3.8, 4) is 0 Å². The van der Waals surface area contributed by atoms with Gasteiger partial charge in [-0.05, 0) is 18.8 Å². The Labute approximate surface area is 97.3 Å². The van der Waals surface area contributed by atoms with Gasteiger partial charge >= 0.3 is 0 Å². The molecule has 1 heterocycles. The molecule has 88 valence electrons. The lowest BCUT2D eigenvalue weighted by Crippen LogP contribution is -2.09. The summed E-state index contributed by atoms with van der Waals surface area (Å²) in [6.07, 6.45) is 14.3. The Morgan fingerprint density at radius 1 is 1.06 bits per heavy atom. The highest BCUT2D eigenvalue weighted by Gasteiger charge is 2.27. The maximum atomic E-state index is 4.32. The smallest absolute Gasteiger partial charge is 0.133 e. The zero-order chi connectivity index (χ0) is 10.8. The minimum absolute atomic E-state index is 0.732. The lowest BCUT2D eigenvalue weighted by atomic mass is 9.96. The summed E-state index contributed by atoms with van der Waals surface area (Å²) in [5.41, 5.74) is 0. The molecule has 0 spiro atoms. The van der Waals surface area contributed by atoms with Gasteiger partial charge in [-0.25, -0.2) is 0 Å². The van der Waals surface area contributed by atoms with Gasteiger partial charge in [0.2, 0.25) is 0 Å². The average Bonchev–Trinajstić information content (AvgIpc) is 3.07. The van der Waals surface area contributed by atoms with E-state index < -0.39 is 0 Å². The summed E-state index contributed by atoms with van der Waals surface area (Å²) >= 11 is 0. The molecule has 2 saturated carbocycles. The molecule has 0 aliphatic heterocycles. The van der Waals surface area contributed by atoms with Crippen molar-refractivity contribution in [2.45, 2.75) is 63.8 Å². The van der Waals surface area contributed by atoms with Crippen molar-refractivity contribution in [1.82, 2.24) is 14.8 Å². The molecule has 0 radical (unpaired) electrons. The zero-order valence-corrected chi connectivity index (χ0v) is 9.94. The van der Waals surface area contributed by atoms with Gasteiger partial charge < -0.3 is 4.57 Å². The number of nitrogens with zero attached hydrogens (tertiary/aromatic N) is 3. The van der Waals surface area contributed by atoms with Gasteiger partial charge in [0, 0.05) is 12.5 Å². The minimum atomic E-state index is 0.732. The Balaban J connectivity index is 1.65. The molecule has 0 N–H and O–H groups in total. The number of hydrogen-bond donors (Lipinski definition) is 0. The second-order valence-electron chi connectivity index (χ2n) is 5.45. The van der Waals surface area contributed by atoms with E-state index in [4.69, 9.17) is 0 Å². The van der Waals surface area contributed by atoms with Crippen molar-refractivity contribution in [3.63, 3.8) is 0 Å². The van der Waals surface area contributed by atoms with Crippen LogP contribution in [0.4, 0.5) is 0 Å². The third-order valence-electron chi connectivity index (χ3n) is 4.03. The van der Waals surface area contributed by atoms with E-state index in [-0.39, 0.29) is 0 Å². The first-order valence-corrected chi connectivity index (χ1v) is 6.82. The molecule has 0 aromatic carbocycles. The lowest BCUT2D eigenvalue weighted by molar-refractivity contribution is 0.438. The molecule has 2 aliphatic rings. The molecular formula is C13H21N3. The predicted octanol–water partition coefficient (Wildman–Crippen LogP) is 3.13. The highest BCUT2D eigenvalue weighted by molar-refractivity contribution is 4.96. The fraction of sp³-hybridized carbons (Fsp3) is 0.846. The van der Waals surface area contributed by atoms with Crippen LogP contribution in [-0.2, 0) is 6.42 Å². The SMILES string of the molecule is c1nnc(CC2CCCCCC2)n1C1CC1. The zero-order valence-electron chi connectivity index (χ0n) is 9.94. The Morgan fingerprint density at radius 2 is 1.81 bits per heavy atom. The minimum Gasteiger partial charge on any atom is -0.314 e. The van der Waals surface area contributed by atoms with E-state index in [0.717, 1.165) is 18.4 Å². The molecule has 2 aliphatic carbocycles. The maximum Gasteiger partial charge on any atom is 0.133 e. The van der Waals surface area contributed by atoms with E-state index in [1.807, 2.05) is 6.33 Å². The summed E-state index contributed by atoms with van der Waals surface area (Å²) in [6, 6.07) is 0.732. The van der Waals surface area contributed by atoms with Crippen molar-refractivity contribution < 1.29 is 0 Å². The summed E-state index contributed by atoms with van der Waals surface area (Å²) in [7, 11) is 0. The van der Waals surface area contributed by atoms with Crippen molar-refractivity contribution in [1.29, 1.82) is 0 Å². The van der Waals surface area contributed by atoms with E-state index in [0.29, 0.717) is 0 Å². The first-order valence-electron chi connectivity index (χ1n) is 6.82. The van der Waals surface area contributed by atoms with Crippen LogP contribution in [0.15, 0.2) is 6.33 Å². The summed E-state index contributed by atoms with van der Waals surface area (Å²) in [4.78, 5) is 0. The monoisotopic (exact) mass is 219 g/mol. The van der Waals surface area contributed by atoms with Crippen LogP contribution in [0.25, 0.3) is 0 Å². The van der Waals surface area contributed by atoms with Crippen LogP contribution in [0.3, 0.4) is 0 Å². The van der Waals surface area contributed by atoms with Gasteiger partial charge in [0.1, 0.15) is 12.2 Å². The molecule has 1 aromatic heterocycles. The van der Waals surface area contributed by atoms with Gasteiger partial charge in [0.25, 0.3) is 0 Å². The Kier molecular flexibility index (Phi) is 2.94. The van der Waals surface area contributed by atoms with Crippen LogP contribution >= 0.6 is 0 Å². The van der Waals surface area contributed by atoms with Crippen LogP contribution in [0.2, 0.25) is 0 Å². The molecule has 0 saturated heterocycles. The third-order valence-corrected chi connectivity index (χ3v) is 4.03. The molecule has 2 fully saturated rings. The van der Waals surface area contributed by atoms with Gasteiger partial charge in [0.15, 0.2) is 0 Å². The largest absolute Gasteiger partial charge is 0.314 e. The molecule has 0 atom stereocenters. The van der Waals surface area contributed by atoms with Crippen molar-refractivity contribution in [2.75, 3.05) is 0 Å². The quantitative estimate of drug-likeness (QED) is 0.731. The standard InChI is InChI=1S/C13H21N3/c1-2-4-6-11(5-3-1)9-13-15-14-10-16(13)12-7-8-12/h10-12H,1-9H2. The second-order valence-corrected chi connectivity index (χ2v) is 5.45. The van der Waals surface area contributed by atoms with Crippen LogP contribution < -0.4 is 0 Å². The fourth-order valence-electron chi connectivity index (χ4n) is 2.90. The van der Waals surface area contributed by atoms with Crippen molar-refractivity contribution >= 4 is 0 Å². The topological polar surface area (TPSA) is 30.7 Å². The van der Waals surface area contributed by atoms with Crippen LogP contribution in [0, 0.1) is 5.92 Å². The highest BCUT2D eigenvalue weighted by atomic mass is 15.3. The molecule has 0 unspecified atom stereocenters.